The third-order valence-electron chi connectivity index (χ3n) is 3.30. The number of benzene rings is 1. The molecule has 0 unspecified atom stereocenters. The van der Waals surface area contributed by atoms with E-state index in [1.807, 2.05) is 42.5 Å². The predicted molar refractivity (Wildman–Crippen MR) is 78.1 cm³/mol. The van der Waals surface area contributed by atoms with Crippen LogP contribution in [0.25, 0.3) is 0 Å². The average Bonchev–Trinajstić information content (AvgIpc) is 2.92. The van der Waals surface area contributed by atoms with Crippen LogP contribution in [-0.2, 0) is 15.6 Å². The molecule has 0 fully saturated rings. The number of amides is 1. The van der Waals surface area contributed by atoms with Gasteiger partial charge in [0.15, 0.2) is 0 Å². The minimum Gasteiger partial charge on any atom is -0.348 e. The van der Waals surface area contributed by atoms with E-state index in [4.69, 9.17) is 0 Å². The van der Waals surface area contributed by atoms with Crippen LogP contribution in [0.15, 0.2) is 42.5 Å². The molecular weight excluding hydrogens is 258 g/mol. The van der Waals surface area contributed by atoms with Crippen molar-refractivity contribution in [2.45, 2.75) is 18.9 Å². The zero-order valence-corrected chi connectivity index (χ0v) is 11.9. The van der Waals surface area contributed by atoms with Crippen molar-refractivity contribution in [3.8, 4) is 0 Å². The van der Waals surface area contributed by atoms with Gasteiger partial charge >= 0.3 is 0 Å². The van der Waals surface area contributed by atoms with E-state index in [0.29, 0.717) is 5.75 Å². The lowest BCUT2D eigenvalue weighted by Gasteiger charge is -2.20. The van der Waals surface area contributed by atoms with E-state index in [-0.39, 0.29) is 17.9 Å². The topological polar surface area (TPSA) is 46.2 Å². The first-order chi connectivity index (χ1) is 9.16. The fourth-order valence-corrected chi connectivity index (χ4v) is 3.01. The molecule has 0 saturated carbocycles. The predicted octanol–water partition coefficient (Wildman–Crippen LogP) is 2.19. The molecule has 19 heavy (non-hydrogen) atoms. The largest absolute Gasteiger partial charge is 0.348 e. The Balaban J connectivity index is 2.05. The summed E-state index contributed by atoms with van der Waals surface area (Å²) in [5, 5.41) is 3.03. The Morgan fingerprint density at radius 3 is 2.53 bits per heavy atom. The van der Waals surface area contributed by atoms with Crippen molar-refractivity contribution in [2.75, 3.05) is 12.0 Å². The average molecular weight is 277 g/mol. The van der Waals surface area contributed by atoms with Gasteiger partial charge in [-0.15, -0.1) is 0 Å². The highest BCUT2D eigenvalue weighted by molar-refractivity contribution is 7.84. The van der Waals surface area contributed by atoms with E-state index in [9.17, 15) is 9.00 Å². The number of nitrogens with one attached hydrogen (secondary N) is 1. The van der Waals surface area contributed by atoms with Gasteiger partial charge < -0.3 is 5.32 Å². The quantitative estimate of drug-likeness (QED) is 0.839. The summed E-state index contributed by atoms with van der Waals surface area (Å²) in [4.78, 5) is 12.2. The van der Waals surface area contributed by atoms with Gasteiger partial charge in [0.2, 0.25) is 5.91 Å². The van der Waals surface area contributed by atoms with Crippen molar-refractivity contribution in [1.29, 1.82) is 0 Å². The summed E-state index contributed by atoms with van der Waals surface area (Å²) in [7, 11) is -0.944. The number of carbonyl (C=O) groups is 1. The van der Waals surface area contributed by atoms with Crippen LogP contribution >= 0.6 is 0 Å². The molecule has 1 aromatic carbocycles. The molecule has 0 bridgehead atoms. The molecule has 0 aromatic heterocycles. The third kappa shape index (κ3) is 4.03. The molecule has 0 aliphatic heterocycles. The molecule has 1 aliphatic rings. The maximum absolute atomic E-state index is 12.2. The van der Waals surface area contributed by atoms with Crippen molar-refractivity contribution in [3.05, 3.63) is 48.0 Å². The minimum absolute atomic E-state index is 0.0384. The van der Waals surface area contributed by atoms with Crippen LogP contribution in [0.3, 0.4) is 0 Å². The number of rotatable bonds is 5. The van der Waals surface area contributed by atoms with E-state index in [2.05, 4.69) is 5.32 Å². The molecule has 0 radical (unpaired) electrons. The van der Waals surface area contributed by atoms with Gasteiger partial charge in [-0.1, -0.05) is 42.5 Å². The fraction of sp³-hybridized carbons (Fsp3) is 0.400. The first kappa shape index (κ1) is 14.0. The van der Waals surface area contributed by atoms with E-state index in [0.717, 1.165) is 18.4 Å². The van der Waals surface area contributed by atoms with Gasteiger partial charge in [-0.05, 0) is 18.4 Å². The molecular formula is C15H19NO2S. The number of hydrogen-bond acceptors (Lipinski definition) is 2. The van der Waals surface area contributed by atoms with Crippen molar-refractivity contribution in [1.82, 2.24) is 5.32 Å². The van der Waals surface area contributed by atoms with Gasteiger partial charge in [0.1, 0.15) is 0 Å². The Bertz CT molecular complexity index is 476. The normalized spacial score (nSPS) is 18.2. The van der Waals surface area contributed by atoms with Crippen LogP contribution in [0.2, 0.25) is 0 Å². The molecule has 2 atom stereocenters. The molecule has 4 heteroatoms. The number of carbonyl (C=O) groups excluding carboxylic acids is 1. The third-order valence-corrected chi connectivity index (χ3v) is 4.10. The summed E-state index contributed by atoms with van der Waals surface area (Å²) in [5.41, 5.74) is 1.01. The Labute approximate surface area is 116 Å². The van der Waals surface area contributed by atoms with Crippen LogP contribution in [-0.4, -0.2) is 22.1 Å². The van der Waals surface area contributed by atoms with E-state index >= 15 is 0 Å². The van der Waals surface area contributed by atoms with Crippen molar-refractivity contribution in [3.63, 3.8) is 0 Å². The van der Waals surface area contributed by atoms with Crippen LogP contribution in [0.4, 0.5) is 0 Å². The molecule has 102 valence electrons. The second-order valence-electron chi connectivity index (χ2n) is 4.85. The van der Waals surface area contributed by atoms with Gasteiger partial charge in [0, 0.05) is 28.7 Å². The molecule has 1 aliphatic carbocycles. The highest BCUT2D eigenvalue weighted by Gasteiger charge is 2.23. The van der Waals surface area contributed by atoms with Crippen LogP contribution in [0.5, 0.6) is 0 Å². The van der Waals surface area contributed by atoms with Gasteiger partial charge in [0.05, 0.1) is 6.04 Å². The highest BCUT2D eigenvalue weighted by Crippen LogP contribution is 2.20. The van der Waals surface area contributed by atoms with E-state index in [1.165, 1.54) is 0 Å². The first-order valence-corrected chi connectivity index (χ1v) is 8.20. The Morgan fingerprint density at radius 1 is 1.32 bits per heavy atom. The van der Waals surface area contributed by atoms with Crippen molar-refractivity contribution < 1.29 is 9.00 Å². The molecule has 1 N–H and O–H groups in total. The Morgan fingerprint density at radius 2 is 1.95 bits per heavy atom. The van der Waals surface area contributed by atoms with Crippen molar-refractivity contribution in [2.24, 2.45) is 5.92 Å². The van der Waals surface area contributed by atoms with Crippen LogP contribution in [0, 0.1) is 5.92 Å². The lowest BCUT2D eigenvalue weighted by atomic mass is 10.0. The molecule has 2 rings (SSSR count). The number of allylic oxidation sites excluding steroid dienone is 2. The molecule has 0 heterocycles. The zero-order valence-electron chi connectivity index (χ0n) is 11.0. The number of hydrogen-bond donors (Lipinski definition) is 1. The highest BCUT2D eigenvalue weighted by atomic mass is 32.2. The summed E-state index contributed by atoms with van der Waals surface area (Å²) in [6.45, 7) is 0. The summed E-state index contributed by atoms with van der Waals surface area (Å²) in [6, 6.07) is 9.57. The summed E-state index contributed by atoms with van der Waals surface area (Å²) < 4.78 is 11.5. The van der Waals surface area contributed by atoms with E-state index in [1.54, 1.807) is 6.26 Å². The second-order valence-corrected chi connectivity index (χ2v) is 6.33. The fourth-order valence-electron chi connectivity index (χ4n) is 2.26. The molecule has 1 amide bonds. The second kappa shape index (κ2) is 6.66. The van der Waals surface area contributed by atoms with E-state index < -0.39 is 10.8 Å². The standard InChI is InChI=1S/C15H19NO2S/c1-19(18)11-14(12-7-3-2-4-8-12)16-15(17)13-9-5-6-10-13/h2-8,13-14H,9-11H2,1H3,(H,16,17)/t14-,19+/m0/s1. The Hall–Kier alpha value is -1.42. The zero-order chi connectivity index (χ0) is 13.7. The molecule has 3 nitrogen and oxygen atoms in total. The summed E-state index contributed by atoms with van der Waals surface area (Å²) in [5.74, 6) is 0.552. The minimum atomic E-state index is -0.944. The maximum Gasteiger partial charge on any atom is 0.224 e. The summed E-state index contributed by atoms with van der Waals surface area (Å²) >= 11 is 0. The first-order valence-electron chi connectivity index (χ1n) is 6.47. The Kier molecular flexibility index (Phi) is 4.91. The van der Waals surface area contributed by atoms with Gasteiger partial charge in [0.25, 0.3) is 0 Å². The lowest BCUT2D eigenvalue weighted by Crippen LogP contribution is -2.35. The van der Waals surface area contributed by atoms with Gasteiger partial charge in [-0.2, -0.15) is 0 Å². The molecule has 0 spiro atoms. The monoisotopic (exact) mass is 277 g/mol. The molecule has 1 aromatic rings. The summed E-state index contributed by atoms with van der Waals surface area (Å²) in [6.07, 6.45) is 7.36. The van der Waals surface area contributed by atoms with Crippen molar-refractivity contribution >= 4 is 16.7 Å². The van der Waals surface area contributed by atoms with Gasteiger partial charge in [-0.3, -0.25) is 9.00 Å². The van der Waals surface area contributed by atoms with Crippen LogP contribution < -0.4 is 5.32 Å². The van der Waals surface area contributed by atoms with Crippen LogP contribution in [0.1, 0.15) is 24.4 Å². The SMILES string of the molecule is C[S@@](=O)C[C@H](NC(=O)C1CC=CC1)c1ccccc1. The van der Waals surface area contributed by atoms with Gasteiger partial charge in [-0.25, -0.2) is 0 Å². The lowest BCUT2D eigenvalue weighted by molar-refractivity contribution is -0.125. The maximum atomic E-state index is 12.2. The smallest absolute Gasteiger partial charge is 0.224 e. The molecule has 0 saturated heterocycles.